The van der Waals surface area contributed by atoms with E-state index < -0.39 is 0 Å². The van der Waals surface area contributed by atoms with Gasteiger partial charge in [-0.15, -0.1) is 0 Å². The van der Waals surface area contributed by atoms with Crippen molar-refractivity contribution in [3.05, 3.63) is 12.3 Å². The number of carbonyl (C=O) groups excluding carboxylic acids is 1. The second-order valence-corrected chi connectivity index (χ2v) is 4.53. The second kappa shape index (κ2) is 5.97. The number of carbonyl (C=O) groups is 1. The predicted molar refractivity (Wildman–Crippen MR) is 68.2 cm³/mol. The summed E-state index contributed by atoms with van der Waals surface area (Å²) in [5, 5.41) is 10.2. The van der Waals surface area contributed by atoms with Gasteiger partial charge in [-0.2, -0.15) is 5.10 Å². The third-order valence-electron chi connectivity index (χ3n) is 3.15. The van der Waals surface area contributed by atoms with Crippen LogP contribution in [0.25, 0.3) is 0 Å². The molecule has 1 aromatic heterocycles. The standard InChI is InChI=1S/C12H20N4O2/c1-3-5-13-10-8-18-7-9(10)12(17)15-11-4-6-14-16(11)2/h4,6,9-10,13H,3,5,7-8H2,1-2H3,(H,15,17). The zero-order valence-electron chi connectivity index (χ0n) is 10.8. The summed E-state index contributed by atoms with van der Waals surface area (Å²) in [6.07, 6.45) is 2.71. The lowest BCUT2D eigenvalue weighted by atomic mass is 10.0. The Hall–Kier alpha value is -1.40. The third kappa shape index (κ3) is 2.88. The third-order valence-corrected chi connectivity index (χ3v) is 3.15. The van der Waals surface area contributed by atoms with Gasteiger partial charge in [0.25, 0.3) is 0 Å². The van der Waals surface area contributed by atoms with E-state index in [9.17, 15) is 4.79 Å². The highest BCUT2D eigenvalue weighted by molar-refractivity contribution is 5.92. The summed E-state index contributed by atoms with van der Waals surface area (Å²) in [5.74, 6) is 0.567. The quantitative estimate of drug-likeness (QED) is 0.794. The minimum absolute atomic E-state index is 0.00953. The van der Waals surface area contributed by atoms with Crippen LogP contribution in [0.3, 0.4) is 0 Å². The molecule has 0 spiro atoms. The lowest BCUT2D eigenvalue weighted by molar-refractivity contribution is -0.120. The molecule has 6 nitrogen and oxygen atoms in total. The van der Waals surface area contributed by atoms with Gasteiger partial charge in [-0.3, -0.25) is 9.48 Å². The molecule has 0 aromatic carbocycles. The summed E-state index contributed by atoms with van der Waals surface area (Å²) < 4.78 is 7.03. The zero-order chi connectivity index (χ0) is 13.0. The Balaban J connectivity index is 1.93. The average molecular weight is 252 g/mol. The Labute approximate surface area is 107 Å². The van der Waals surface area contributed by atoms with Crippen molar-refractivity contribution in [1.29, 1.82) is 0 Å². The molecule has 18 heavy (non-hydrogen) atoms. The first-order valence-corrected chi connectivity index (χ1v) is 6.32. The molecule has 2 unspecified atom stereocenters. The number of rotatable bonds is 5. The number of hydrogen-bond donors (Lipinski definition) is 2. The topological polar surface area (TPSA) is 68.2 Å². The molecule has 0 saturated carbocycles. The van der Waals surface area contributed by atoms with Crippen molar-refractivity contribution in [3.8, 4) is 0 Å². The van der Waals surface area contributed by atoms with Gasteiger partial charge in [0.2, 0.25) is 5.91 Å². The molecule has 2 N–H and O–H groups in total. The van der Waals surface area contributed by atoms with E-state index in [2.05, 4.69) is 22.7 Å². The van der Waals surface area contributed by atoms with Crippen LogP contribution < -0.4 is 10.6 Å². The summed E-state index contributed by atoms with van der Waals surface area (Å²) in [7, 11) is 1.80. The molecular formula is C12H20N4O2. The van der Waals surface area contributed by atoms with Crippen LogP contribution in [0.4, 0.5) is 5.82 Å². The second-order valence-electron chi connectivity index (χ2n) is 4.53. The first kappa shape index (κ1) is 13.0. The van der Waals surface area contributed by atoms with Gasteiger partial charge in [-0.25, -0.2) is 0 Å². The van der Waals surface area contributed by atoms with Crippen LogP contribution in [0, 0.1) is 5.92 Å². The lowest BCUT2D eigenvalue weighted by Crippen LogP contribution is -2.41. The molecule has 0 bridgehead atoms. The van der Waals surface area contributed by atoms with E-state index in [0.717, 1.165) is 13.0 Å². The summed E-state index contributed by atoms with van der Waals surface area (Å²) in [6.45, 7) is 4.09. The van der Waals surface area contributed by atoms with E-state index in [4.69, 9.17) is 4.74 Å². The molecule has 1 saturated heterocycles. The monoisotopic (exact) mass is 252 g/mol. The van der Waals surface area contributed by atoms with Gasteiger partial charge >= 0.3 is 0 Å². The van der Waals surface area contributed by atoms with E-state index in [1.165, 1.54) is 0 Å². The fourth-order valence-electron chi connectivity index (χ4n) is 2.06. The molecule has 1 amide bonds. The lowest BCUT2D eigenvalue weighted by Gasteiger charge is -2.18. The van der Waals surface area contributed by atoms with E-state index in [1.807, 2.05) is 0 Å². The maximum atomic E-state index is 12.2. The van der Waals surface area contributed by atoms with Gasteiger partial charge in [-0.05, 0) is 13.0 Å². The van der Waals surface area contributed by atoms with Crippen molar-refractivity contribution in [1.82, 2.24) is 15.1 Å². The first-order valence-electron chi connectivity index (χ1n) is 6.32. The predicted octanol–water partition coefficient (Wildman–Crippen LogP) is 0.373. The smallest absolute Gasteiger partial charge is 0.232 e. The van der Waals surface area contributed by atoms with Crippen molar-refractivity contribution >= 4 is 11.7 Å². The molecule has 2 atom stereocenters. The molecule has 1 fully saturated rings. The summed E-state index contributed by atoms with van der Waals surface area (Å²) >= 11 is 0. The molecule has 1 aromatic rings. The van der Waals surface area contributed by atoms with Crippen molar-refractivity contribution in [2.75, 3.05) is 25.1 Å². The average Bonchev–Trinajstić information content (AvgIpc) is 2.96. The molecular weight excluding hydrogens is 232 g/mol. The minimum Gasteiger partial charge on any atom is -0.379 e. The number of hydrogen-bond acceptors (Lipinski definition) is 4. The molecule has 0 radical (unpaired) electrons. The molecule has 2 rings (SSSR count). The van der Waals surface area contributed by atoms with Gasteiger partial charge in [0.05, 0.1) is 25.3 Å². The van der Waals surface area contributed by atoms with Crippen LogP contribution >= 0.6 is 0 Å². The van der Waals surface area contributed by atoms with Crippen molar-refractivity contribution in [2.24, 2.45) is 13.0 Å². The fraction of sp³-hybridized carbons (Fsp3) is 0.667. The molecule has 0 aliphatic carbocycles. The molecule has 1 aliphatic heterocycles. The first-order chi connectivity index (χ1) is 8.72. The number of aromatic nitrogens is 2. The van der Waals surface area contributed by atoms with E-state index in [-0.39, 0.29) is 17.9 Å². The summed E-state index contributed by atoms with van der Waals surface area (Å²) in [5.41, 5.74) is 0. The Morgan fingerprint density at radius 3 is 3.11 bits per heavy atom. The molecule has 6 heteroatoms. The molecule has 2 heterocycles. The van der Waals surface area contributed by atoms with Crippen LogP contribution in [0.5, 0.6) is 0 Å². The highest BCUT2D eigenvalue weighted by Crippen LogP contribution is 2.16. The Bertz CT molecular complexity index is 405. The van der Waals surface area contributed by atoms with Crippen LogP contribution in [0.15, 0.2) is 12.3 Å². The number of ether oxygens (including phenoxy) is 1. The Morgan fingerprint density at radius 2 is 2.44 bits per heavy atom. The van der Waals surface area contributed by atoms with E-state index >= 15 is 0 Å². The number of amides is 1. The van der Waals surface area contributed by atoms with Gasteiger partial charge in [-0.1, -0.05) is 6.92 Å². The SMILES string of the molecule is CCCNC1COCC1C(=O)Nc1ccnn1C. The van der Waals surface area contributed by atoms with Gasteiger partial charge in [0.15, 0.2) is 0 Å². The number of nitrogens with one attached hydrogen (secondary N) is 2. The largest absolute Gasteiger partial charge is 0.379 e. The fourth-order valence-corrected chi connectivity index (χ4v) is 2.06. The van der Waals surface area contributed by atoms with Gasteiger partial charge < -0.3 is 15.4 Å². The Kier molecular flexibility index (Phi) is 4.33. The maximum absolute atomic E-state index is 12.2. The van der Waals surface area contributed by atoms with Crippen molar-refractivity contribution in [2.45, 2.75) is 19.4 Å². The minimum atomic E-state index is -0.133. The van der Waals surface area contributed by atoms with Crippen molar-refractivity contribution < 1.29 is 9.53 Å². The highest BCUT2D eigenvalue weighted by atomic mass is 16.5. The molecule has 1 aliphatic rings. The summed E-state index contributed by atoms with van der Waals surface area (Å²) in [4.78, 5) is 12.2. The van der Waals surface area contributed by atoms with Crippen LogP contribution in [-0.2, 0) is 16.6 Å². The van der Waals surface area contributed by atoms with Crippen molar-refractivity contribution in [3.63, 3.8) is 0 Å². The van der Waals surface area contributed by atoms with E-state index in [0.29, 0.717) is 19.0 Å². The van der Waals surface area contributed by atoms with Crippen LogP contribution in [-0.4, -0.2) is 41.5 Å². The number of anilines is 1. The zero-order valence-corrected chi connectivity index (χ0v) is 10.8. The Morgan fingerprint density at radius 1 is 1.61 bits per heavy atom. The number of aryl methyl sites for hydroxylation is 1. The van der Waals surface area contributed by atoms with Gasteiger partial charge in [0, 0.05) is 19.2 Å². The van der Waals surface area contributed by atoms with E-state index in [1.54, 1.807) is 24.0 Å². The maximum Gasteiger partial charge on any atom is 0.232 e. The van der Waals surface area contributed by atoms with Crippen LogP contribution in [0.1, 0.15) is 13.3 Å². The number of nitrogens with zero attached hydrogens (tertiary/aromatic N) is 2. The summed E-state index contributed by atoms with van der Waals surface area (Å²) in [6, 6.07) is 1.89. The normalized spacial score (nSPS) is 23.2. The molecule has 100 valence electrons. The van der Waals surface area contributed by atoms with Gasteiger partial charge in [0.1, 0.15) is 5.82 Å². The highest BCUT2D eigenvalue weighted by Gasteiger charge is 2.33. The van der Waals surface area contributed by atoms with Crippen LogP contribution in [0.2, 0.25) is 0 Å².